The third kappa shape index (κ3) is 2.34. The average molecular weight is 273 g/mol. The smallest absolute Gasteiger partial charge is 0.237 e. The molecule has 0 aromatic heterocycles. The summed E-state index contributed by atoms with van der Waals surface area (Å²) in [6.07, 6.45) is 3.11. The van der Waals surface area contributed by atoms with Crippen molar-refractivity contribution in [1.82, 2.24) is 10.9 Å². The summed E-state index contributed by atoms with van der Waals surface area (Å²) in [7, 11) is 0. The first-order valence-corrected chi connectivity index (χ1v) is 7.51. The molecule has 0 bridgehead atoms. The summed E-state index contributed by atoms with van der Waals surface area (Å²) in [6, 6.07) is 8.80. The molecule has 1 aromatic carbocycles. The van der Waals surface area contributed by atoms with Crippen molar-refractivity contribution >= 4 is 5.91 Å². The van der Waals surface area contributed by atoms with Crippen molar-refractivity contribution in [3.63, 3.8) is 0 Å². The zero-order valence-corrected chi connectivity index (χ0v) is 11.9. The van der Waals surface area contributed by atoms with Crippen LogP contribution in [0.2, 0.25) is 0 Å². The molecular formula is C16H23N3O. The van der Waals surface area contributed by atoms with E-state index in [0.29, 0.717) is 18.4 Å². The molecule has 4 atom stereocenters. The van der Waals surface area contributed by atoms with Crippen LogP contribution in [-0.4, -0.2) is 18.5 Å². The third-order valence-corrected chi connectivity index (χ3v) is 5.02. The summed E-state index contributed by atoms with van der Waals surface area (Å²) >= 11 is 0. The Kier molecular flexibility index (Phi) is 3.76. The van der Waals surface area contributed by atoms with Crippen molar-refractivity contribution < 1.29 is 4.79 Å². The molecule has 1 aliphatic carbocycles. The van der Waals surface area contributed by atoms with Crippen molar-refractivity contribution in [1.29, 1.82) is 0 Å². The number of nitrogens with two attached hydrogens (primary N) is 1. The van der Waals surface area contributed by atoms with Gasteiger partial charge in [0.15, 0.2) is 0 Å². The standard InChI is InChI=1S/C16H23N3O/c1-10-4-2-3-5-12(10)11-6-7-13-14(8-11)15(9-17)18-19-16(13)20/h2-5,11,13-15,18H,6-9,17H2,1H3,(H,19,20). The molecule has 4 nitrogen and oxygen atoms in total. The Balaban J connectivity index is 1.82. The first-order valence-electron chi connectivity index (χ1n) is 7.51. The number of hydrogen-bond donors (Lipinski definition) is 3. The number of carbonyl (C=O) groups excluding carboxylic acids is 1. The molecule has 4 unspecified atom stereocenters. The topological polar surface area (TPSA) is 67.2 Å². The molecule has 108 valence electrons. The predicted molar refractivity (Wildman–Crippen MR) is 78.9 cm³/mol. The lowest BCUT2D eigenvalue weighted by Gasteiger charge is -2.43. The van der Waals surface area contributed by atoms with Crippen LogP contribution >= 0.6 is 0 Å². The average Bonchev–Trinajstić information content (AvgIpc) is 2.48. The number of carbonyl (C=O) groups is 1. The molecule has 4 N–H and O–H groups in total. The summed E-state index contributed by atoms with van der Waals surface area (Å²) < 4.78 is 0. The molecule has 0 spiro atoms. The maximum Gasteiger partial charge on any atom is 0.237 e. The van der Waals surface area contributed by atoms with E-state index in [1.54, 1.807) is 0 Å². The highest BCUT2D eigenvalue weighted by atomic mass is 16.2. The van der Waals surface area contributed by atoms with Gasteiger partial charge in [0, 0.05) is 18.5 Å². The Morgan fingerprint density at radius 2 is 2.10 bits per heavy atom. The van der Waals surface area contributed by atoms with Gasteiger partial charge in [0.05, 0.1) is 0 Å². The molecular weight excluding hydrogens is 250 g/mol. The Morgan fingerprint density at radius 3 is 2.85 bits per heavy atom. The van der Waals surface area contributed by atoms with E-state index in [1.165, 1.54) is 11.1 Å². The molecule has 1 aliphatic heterocycles. The number of nitrogens with one attached hydrogen (secondary N) is 2. The third-order valence-electron chi connectivity index (χ3n) is 5.02. The fourth-order valence-electron chi connectivity index (χ4n) is 3.90. The molecule has 3 rings (SSSR count). The monoisotopic (exact) mass is 273 g/mol. The molecule has 1 amide bonds. The summed E-state index contributed by atoms with van der Waals surface area (Å²) in [5, 5.41) is 0. The zero-order valence-electron chi connectivity index (χ0n) is 11.9. The molecule has 20 heavy (non-hydrogen) atoms. The SMILES string of the molecule is Cc1ccccc1C1CCC2C(=O)NNC(CN)C2C1. The molecule has 1 saturated carbocycles. The van der Waals surface area contributed by atoms with Gasteiger partial charge in [-0.05, 0) is 49.1 Å². The van der Waals surface area contributed by atoms with Crippen LogP contribution < -0.4 is 16.6 Å². The molecule has 2 fully saturated rings. The maximum absolute atomic E-state index is 12.0. The Labute approximate surface area is 120 Å². The van der Waals surface area contributed by atoms with E-state index in [9.17, 15) is 4.79 Å². The van der Waals surface area contributed by atoms with Gasteiger partial charge < -0.3 is 5.73 Å². The van der Waals surface area contributed by atoms with Gasteiger partial charge in [-0.25, -0.2) is 5.43 Å². The van der Waals surface area contributed by atoms with E-state index >= 15 is 0 Å². The number of rotatable bonds is 2. The second-order valence-electron chi connectivity index (χ2n) is 6.11. The number of amides is 1. The Hall–Kier alpha value is -1.39. The van der Waals surface area contributed by atoms with Crippen molar-refractivity contribution in [3.8, 4) is 0 Å². The van der Waals surface area contributed by atoms with Crippen molar-refractivity contribution in [2.45, 2.75) is 38.1 Å². The van der Waals surface area contributed by atoms with Crippen molar-refractivity contribution in [2.24, 2.45) is 17.6 Å². The second kappa shape index (κ2) is 5.54. The Morgan fingerprint density at radius 1 is 1.30 bits per heavy atom. The number of hydrazine groups is 1. The van der Waals surface area contributed by atoms with E-state index in [2.05, 4.69) is 42.0 Å². The van der Waals surface area contributed by atoms with Crippen LogP contribution in [0.1, 0.15) is 36.3 Å². The molecule has 1 aromatic rings. The second-order valence-corrected chi connectivity index (χ2v) is 6.11. The van der Waals surface area contributed by atoms with E-state index in [4.69, 9.17) is 5.73 Å². The lowest BCUT2D eigenvalue weighted by molar-refractivity contribution is -0.133. The summed E-state index contributed by atoms with van der Waals surface area (Å²) in [6.45, 7) is 2.75. The fourth-order valence-corrected chi connectivity index (χ4v) is 3.90. The van der Waals surface area contributed by atoms with E-state index in [0.717, 1.165) is 19.3 Å². The van der Waals surface area contributed by atoms with Crippen LogP contribution in [-0.2, 0) is 4.79 Å². The minimum Gasteiger partial charge on any atom is -0.329 e. The number of benzene rings is 1. The van der Waals surface area contributed by atoms with Crippen molar-refractivity contribution in [3.05, 3.63) is 35.4 Å². The van der Waals surface area contributed by atoms with Crippen LogP contribution in [0.4, 0.5) is 0 Å². The number of fused-ring (bicyclic) bond motifs is 1. The van der Waals surface area contributed by atoms with Gasteiger partial charge in [-0.2, -0.15) is 0 Å². The van der Waals surface area contributed by atoms with E-state index in [-0.39, 0.29) is 17.9 Å². The molecule has 1 heterocycles. The summed E-state index contributed by atoms with van der Waals surface area (Å²) in [4.78, 5) is 12.0. The first-order chi connectivity index (χ1) is 9.70. The number of aryl methyl sites for hydroxylation is 1. The first kappa shape index (κ1) is 13.6. The highest BCUT2D eigenvalue weighted by molar-refractivity contribution is 5.79. The van der Waals surface area contributed by atoms with Gasteiger partial charge >= 0.3 is 0 Å². The van der Waals surface area contributed by atoms with Crippen LogP contribution in [0.15, 0.2) is 24.3 Å². The van der Waals surface area contributed by atoms with Gasteiger partial charge in [0.1, 0.15) is 0 Å². The van der Waals surface area contributed by atoms with Crippen LogP contribution in [0.5, 0.6) is 0 Å². The quantitative estimate of drug-likeness (QED) is 0.764. The summed E-state index contributed by atoms with van der Waals surface area (Å²) in [5.41, 5.74) is 14.5. The van der Waals surface area contributed by atoms with Crippen LogP contribution in [0.25, 0.3) is 0 Å². The molecule has 4 heteroatoms. The minimum absolute atomic E-state index is 0.130. The highest BCUT2D eigenvalue weighted by Gasteiger charge is 2.42. The minimum atomic E-state index is 0.130. The largest absolute Gasteiger partial charge is 0.329 e. The van der Waals surface area contributed by atoms with Gasteiger partial charge in [0.2, 0.25) is 5.91 Å². The normalized spacial score (nSPS) is 33.4. The van der Waals surface area contributed by atoms with Crippen LogP contribution in [0.3, 0.4) is 0 Å². The van der Waals surface area contributed by atoms with Gasteiger partial charge in [0.25, 0.3) is 0 Å². The Bertz CT molecular complexity index is 502. The van der Waals surface area contributed by atoms with Gasteiger partial charge in [-0.1, -0.05) is 24.3 Å². The lowest BCUT2D eigenvalue weighted by Crippen LogP contribution is -2.62. The van der Waals surface area contributed by atoms with Crippen molar-refractivity contribution in [2.75, 3.05) is 6.54 Å². The molecule has 1 saturated heterocycles. The maximum atomic E-state index is 12.0. The fraction of sp³-hybridized carbons (Fsp3) is 0.562. The number of hydrogen-bond acceptors (Lipinski definition) is 3. The highest BCUT2D eigenvalue weighted by Crippen LogP contribution is 2.42. The predicted octanol–water partition coefficient (Wildman–Crippen LogP) is 1.46. The molecule has 0 radical (unpaired) electrons. The lowest BCUT2D eigenvalue weighted by atomic mass is 9.67. The van der Waals surface area contributed by atoms with E-state index < -0.39 is 0 Å². The van der Waals surface area contributed by atoms with E-state index in [1.807, 2.05) is 0 Å². The van der Waals surface area contributed by atoms with Gasteiger partial charge in [-0.3, -0.25) is 10.2 Å². The van der Waals surface area contributed by atoms with Crippen LogP contribution in [0, 0.1) is 18.8 Å². The molecule has 2 aliphatic rings. The van der Waals surface area contributed by atoms with Gasteiger partial charge in [-0.15, -0.1) is 0 Å². The zero-order chi connectivity index (χ0) is 14.1. The summed E-state index contributed by atoms with van der Waals surface area (Å²) in [5.74, 6) is 1.18.